The van der Waals surface area contributed by atoms with Gasteiger partial charge >= 0.3 is 0 Å². The third kappa shape index (κ3) is 2.47. The fourth-order valence-electron chi connectivity index (χ4n) is 3.91. The maximum atomic E-state index is 8.82. The lowest BCUT2D eigenvalue weighted by Gasteiger charge is -2.22. The Morgan fingerprint density at radius 1 is 1.15 bits per heavy atom. The van der Waals surface area contributed by atoms with Crippen molar-refractivity contribution < 1.29 is 0 Å². The van der Waals surface area contributed by atoms with Gasteiger partial charge in [-0.05, 0) is 35.4 Å². The van der Waals surface area contributed by atoms with Crippen LogP contribution < -0.4 is 5.49 Å². The maximum Gasteiger partial charge on any atom is 0.136 e. The van der Waals surface area contributed by atoms with Crippen LogP contribution in [0.5, 0.6) is 0 Å². The highest BCUT2D eigenvalue weighted by molar-refractivity contribution is 7.18. The van der Waals surface area contributed by atoms with E-state index in [1.165, 1.54) is 26.8 Å². The number of nitrogens with zero attached hydrogens (tertiary/aromatic N) is 3. The molecule has 26 heavy (non-hydrogen) atoms. The van der Waals surface area contributed by atoms with Gasteiger partial charge in [-0.3, -0.25) is 5.41 Å². The van der Waals surface area contributed by atoms with Crippen molar-refractivity contribution in [3.05, 3.63) is 70.3 Å². The van der Waals surface area contributed by atoms with Crippen molar-refractivity contribution in [2.45, 2.75) is 19.5 Å². The summed E-state index contributed by atoms with van der Waals surface area (Å²) in [5.41, 5.74) is 3.16. The van der Waals surface area contributed by atoms with E-state index in [1.54, 1.807) is 11.3 Å². The Balaban J connectivity index is 1.64. The number of fused-ring (bicyclic) bond motifs is 4. The van der Waals surface area contributed by atoms with E-state index in [9.17, 15) is 0 Å². The Bertz CT molecular complexity index is 1180. The molecule has 0 atom stereocenters. The number of benzene rings is 2. The molecule has 0 aliphatic carbocycles. The van der Waals surface area contributed by atoms with Crippen molar-refractivity contribution in [1.82, 2.24) is 14.5 Å². The van der Waals surface area contributed by atoms with Crippen LogP contribution in [0.3, 0.4) is 0 Å². The molecule has 0 amide bonds. The van der Waals surface area contributed by atoms with Gasteiger partial charge in [0.05, 0.1) is 18.3 Å². The van der Waals surface area contributed by atoms with Crippen LogP contribution in [-0.4, -0.2) is 28.0 Å². The highest BCUT2D eigenvalue weighted by atomic mass is 32.1. The van der Waals surface area contributed by atoms with Gasteiger partial charge in [-0.2, -0.15) is 0 Å². The van der Waals surface area contributed by atoms with Gasteiger partial charge in [0.15, 0.2) is 0 Å². The minimum atomic E-state index is 0.588. The van der Waals surface area contributed by atoms with E-state index in [0.29, 0.717) is 12.0 Å². The molecule has 2 aromatic carbocycles. The van der Waals surface area contributed by atoms with Gasteiger partial charge in [0.1, 0.15) is 10.3 Å². The number of nitrogens with one attached hydrogen (secondary N) is 1. The molecule has 0 radical (unpaired) electrons. The normalized spacial score (nSPS) is 14.8. The van der Waals surface area contributed by atoms with E-state index in [2.05, 4.69) is 54.4 Å². The molecular formula is C21H20N4S. The second-order valence-corrected chi connectivity index (χ2v) is 8.11. The van der Waals surface area contributed by atoms with Crippen LogP contribution in [0.2, 0.25) is 0 Å². The lowest BCUT2D eigenvalue weighted by molar-refractivity contribution is 0.318. The van der Waals surface area contributed by atoms with Gasteiger partial charge in [-0.25, -0.2) is 4.98 Å². The summed E-state index contributed by atoms with van der Waals surface area (Å²) < 4.78 is 1.98. The van der Waals surface area contributed by atoms with Crippen molar-refractivity contribution in [3.63, 3.8) is 0 Å². The van der Waals surface area contributed by atoms with Crippen LogP contribution >= 0.6 is 11.3 Å². The molecule has 0 saturated heterocycles. The Labute approximate surface area is 155 Å². The summed E-state index contributed by atoms with van der Waals surface area (Å²) in [6.07, 6.45) is 2.84. The third-order valence-electron chi connectivity index (χ3n) is 5.29. The van der Waals surface area contributed by atoms with Gasteiger partial charge in [-0.1, -0.05) is 42.5 Å². The van der Waals surface area contributed by atoms with Crippen LogP contribution in [0.1, 0.15) is 16.0 Å². The maximum absolute atomic E-state index is 8.82. The van der Waals surface area contributed by atoms with E-state index in [-0.39, 0.29) is 0 Å². The molecule has 0 spiro atoms. The van der Waals surface area contributed by atoms with Gasteiger partial charge in [0.25, 0.3) is 0 Å². The topological polar surface area (TPSA) is 44.9 Å². The predicted molar refractivity (Wildman–Crippen MR) is 107 cm³/mol. The van der Waals surface area contributed by atoms with Crippen molar-refractivity contribution in [2.75, 3.05) is 13.6 Å². The summed E-state index contributed by atoms with van der Waals surface area (Å²) in [4.78, 5) is 9.41. The molecule has 0 bridgehead atoms. The minimum absolute atomic E-state index is 0.588. The number of rotatable bonds is 2. The molecular weight excluding hydrogens is 340 g/mol. The average Bonchev–Trinajstić information content (AvgIpc) is 3.02. The summed E-state index contributed by atoms with van der Waals surface area (Å²) in [6.45, 7) is 2.70. The van der Waals surface area contributed by atoms with Crippen LogP contribution in [-0.2, 0) is 19.5 Å². The Hall–Kier alpha value is -2.50. The number of thiophene rings is 1. The van der Waals surface area contributed by atoms with Crippen molar-refractivity contribution in [1.29, 1.82) is 5.41 Å². The molecule has 5 rings (SSSR count). The van der Waals surface area contributed by atoms with Crippen LogP contribution in [0, 0.1) is 5.41 Å². The largest absolute Gasteiger partial charge is 0.312 e. The SMILES string of the molecule is CN1CCc2c(sc3ncn(Cc4cccc5ccccc45)c(=N)c23)C1. The molecule has 0 unspecified atom stereocenters. The summed E-state index contributed by atoms with van der Waals surface area (Å²) in [5, 5.41) is 12.4. The van der Waals surface area contributed by atoms with Crippen LogP contribution in [0.15, 0.2) is 48.8 Å². The molecule has 4 aromatic rings. The van der Waals surface area contributed by atoms with E-state index < -0.39 is 0 Å². The Morgan fingerprint density at radius 3 is 2.92 bits per heavy atom. The van der Waals surface area contributed by atoms with Crippen LogP contribution in [0.25, 0.3) is 21.0 Å². The molecule has 0 fully saturated rings. The molecule has 4 nitrogen and oxygen atoms in total. The van der Waals surface area contributed by atoms with Gasteiger partial charge in [-0.15, -0.1) is 11.3 Å². The fourth-order valence-corrected chi connectivity index (χ4v) is 5.18. The zero-order chi connectivity index (χ0) is 17.7. The van der Waals surface area contributed by atoms with E-state index in [4.69, 9.17) is 10.4 Å². The highest BCUT2D eigenvalue weighted by Gasteiger charge is 2.21. The molecule has 1 aliphatic heterocycles. The van der Waals surface area contributed by atoms with Crippen LogP contribution in [0.4, 0.5) is 0 Å². The number of aromatic nitrogens is 2. The summed E-state index contributed by atoms with van der Waals surface area (Å²) in [6, 6.07) is 14.8. The summed E-state index contributed by atoms with van der Waals surface area (Å²) in [7, 11) is 2.16. The first-order valence-electron chi connectivity index (χ1n) is 8.90. The second-order valence-electron chi connectivity index (χ2n) is 7.03. The highest BCUT2D eigenvalue weighted by Crippen LogP contribution is 2.31. The number of likely N-dealkylation sites (N-methyl/N-ethyl adjacent to an activating group) is 1. The lowest BCUT2D eigenvalue weighted by atomic mass is 10.0. The molecule has 0 saturated carbocycles. The average molecular weight is 360 g/mol. The predicted octanol–water partition coefficient (Wildman–Crippen LogP) is 3.77. The number of hydrogen-bond acceptors (Lipinski definition) is 4. The van der Waals surface area contributed by atoms with E-state index in [1.807, 2.05) is 10.9 Å². The first-order chi connectivity index (χ1) is 12.7. The zero-order valence-corrected chi connectivity index (χ0v) is 15.5. The summed E-state index contributed by atoms with van der Waals surface area (Å²) >= 11 is 1.75. The Morgan fingerprint density at radius 2 is 2.00 bits per heavy atom. The summed E-state index contributed by atoms with van der Waals surface area (Å²) in [5.74, 6) is 0. The quantitative estimate of drug-likeness (QED) is 0.591. The molecule has 1 aliphatic rings. The first kappa shape index (κ1) is 15.7. The van der Waals surface area contributed by atoms with Gasteiger partial charge in [0, 0.05) is 18.0 Å². The first-order valence-corrected chi connectivity index (χ1v) is 9.72. The molecule has 130 valence electrons. The Kier molecular flexibility index (Phi) is 3.65. The monoisotopic (exact) mass is 360 g/mol. The fraction of sp³-hybridized carbons (Fsp3) is 0.238. The lowest BCUT2D eigenvalue weighted by Crippen LogP contribution is -2.27. The zero-order valence-electron chi connectivity index (χ0n) is 14.7. The minimum Gasteiger partial charge on any atom is -0.312 e. The smallest absolute Gasteiger partial charge is 0.136 e. The van der Waals surface area contributed by atoms with Crippen molar-refractivity contribution >= 4 is 32.3 Å². The third-order valence-corrected chi connectivity index (χ3v) is 6.41. The second kappa shape index (κ2) is 6.04. The standard InChI is InChI=1S/C21H20N4S/c1-24-10-9-17-18(12-24)26-21-19(17)20(22)25(13-23-21)11-15-7-4-6-14-5-2-3-8-16(14)15/h2-8,13,22H,9-12H2,1H3. The van der Waals surface area contributed by atoms with Gasteiger partial charge < -0.3 is 9.47 Å². The van der Waals surface area contributed by atoms with Gasteiger partial charge in [0.2, 0.25) is 0 Å². The van der Waals surface area contributed by atoms with Crippen molar-refractivity contribution in [2.24, 2.45) is 0 Å². The molecule has 3 heterocycles. The van der Waals surface area contributed by atoms with E-state index >= 15 is 0 Å². The molecule has 5 heteroatoms. The number of hydrogen-bond donors (Lipinski definition) is 1. The van der Waals surface area contributed by atoms with Crippen molar-refractivity contribution in [3.8, 4) is 0 Å². The van der Waals surface area contributed by atoms with E-state index in [0.717, 1.165) is 29.7 Å². The molecule has 1 N–H and O–H groups in total. The molecule has 2 aromatic heterocycles.